The predicted molar refractivity (Wildman–Crippen MR) is 132 cm³/mol. The van der Waals surface area contributed by atoms with E-state index < -0.39 is 0 Å². The first-order valence-corrected chi connectivity index (χ1v) is 12.2. The number of aromatic nitrogens is 2. The van der Waals surface area contributed by atoms with Crippen LogP contribution < -0.4 is 0 Å². The Morgan fingerprint density at radius 3 is 2.44 bits per heavy atom. The summed E-state index contributed by atoms with van der Waals surface area (Å²) in [6.07, 6.45) is 6.75. The van der Waals surface area contributed by atoms with Crippen LogP contribution in [0.2, 0.25) is 5.02 Å². The monoisotopic (exact) mass is 509 g/mol. The molecule has 2 heterocycles. The van der Waals surface area contributed by atoms with Crippen LogP contribution in [0.1, 0.15) is 60.6 Å². The summed E-state index contributed by atoms with van der Waals surface area (Å²) in [6.45, 7) is 3.35. The van der Waals surface area contributed by atoms with Crippen molar-refractivity contribution >= 4 is 35.8 Å². The molecule has 0 atom stereocenters. The number of rotatable bonds is 7. The first-order chi connectivity index (χ1) is 16.0. The Morgan fingerprint density at radius 1 is 1.09 bits per heavy atom. The minimum atomic E-state index is 0. The third kappa shape index (κ3) is 6.93. The van der Waals surface area contributed by atoms with Crippen molar-refractivity contribution < 1.29 is 14.1 Å². The number of nitrogens with zero attached hydrogens (tertiary/aromatic N) is 5. The smallest absolute Gasteiger partial charge is 0.253 e. The summed E-state index contributed by atoms with van der Waals surface area (Å²) in [7, 11) is 1.91. The summed E-state index contributed by atoms with van der Waals surface area (Å²) in [5.41, 5.74) is 0.652. The Balaban J connectivity index is 0.00000324. The predicted octanol–water partition coefficient (Wildman–Crippen LogP) is 3.83. The molecule has 10 heteroatoms. The van der Waals surface area contributed by atoms with Crippen molar-refractivity contribution in [1.29, 1.82) is 0 Å². The van der Waals surface area contributed by atoms with E-state index in [1.54, 1.807) is 24.3 Å². The maximum atomic E-state index is 12.6. The van der Waals surface area contributed by atoms with Gasteiger partial charge in [-0.2, -0.15) is 4.98 Å². The van der Waals surface area contributed by atoms with Crippen molar-refractivity contribution in [3.63, 3.8) is 0 Å². The molecule has 1 aliphatic carbocycles. The number of benzene rings is 1. The molecule has 1 saturated carbocycles. The van der Waals surface area contributed by atoms with Gasteiger partial charge in [-0.3, -0.25) is 14.5 Å². The summed E-state index contributed by atoms with van der Waals surface area (Å²) >= 11 is 5.91. The first-order valence-electron chi connectivity index (χ1n) is 11.8. The van der Waals surface area contributed by atoms with Crippen LogP contribution in [0, 0.1) is 0 Å². The summed E-state index contributed by atoms with van der Waals surface area (Å²) in [5, 5.41) is 4.71. The molecule has 2 fully saturated rings. The number of amides is 2. The Morgan fingerprint density at radius 2 is 1.76 bits per heavy atom. The second-order valence-electron chi connectivity index (χ2n) is 8.98. The molecule has 0 radical (unpaired) electrons. The molecule has 4 rings (SSSR count). The zero-order valence-electron chi connectivity index (χ0n) is 19.6. The zero-order valence-corrected chi connectivity index (χ0v) is 21.2. The number of carbonyl (C=O) groups excluding carboxylic acids is 2. The average molecular weight is 510 g/mol. The fourth-order valence-corrected chi connectivity index (χ4v) is 4.73. The minimum Gasteiger partial charge on any atom is -0.343 e. The lowest BCUT2D eigenvalue weighted by molar-refractivity contribution is -0.132. The Hall–Kier alpha value is -2.16. The molecular weight excluding hydrogens is 477 g/mol. The highest BCUT2D eigenvalue weighted by Crippen LogP contribution is 2.22. The van der Waals surface area contributed by atoms with Gasteiger partial charge in [-0.1, -0.05) is 36.0 Å². The van der Waals surface area contributed by atoms with Crippen LogP contribution in [0.4, 0.5) is 0 Å². The van der Waals surface area contributed by atoms with E-state index >= 15 is 0 Å². The van der Waals surface area contributed by atoms with Gasteiger partial charge in [-0.05, 0) is 37.1 Å². The van der Waals surface area contributed by atoms with E-state index in [2.05, 4.69) is 15.0 Å². The van der Waals surface area contributed by atoms with Gasteiger partial charge in [0.15, 0.2) is 5.82 Å². The van der Waals surface area contributed by atoms with Crippen molar-refractivity contribution in [2.75, 3.05) is 33.2 Å². The van der Waals surface area contributed by atoms with Crippen molar-refractivity contribution in [3.8, 4) is 0 Å². The molecule has 1 aromatic carbocycles. The maximum absolute atomic E-state index is 12.6. The number of carbonyl (C=O) groups is 2. The highest BCUT2D eigenvalue weighted by molar-refractivity contribution is 6.30. The lowest BCUT2D eigenvalue weighted by Gasteiger charge is -2.34. The van der Waals surface area contributed by atoms with Crippen LogP contribution in [-0.2, 0) is 17.8 Å². The van der Waals surface area contributed by atoms with Gasteiger partial charge in [0.1, 0.15) is 0 Å². The number of hydrogen-bond acceptors (Lipinski definition) is 6. The summed E-state index contributed by atoms with van der Waals surface area (Å²) in [4.78, 5) is 35.6. The van der Waals surface area contributed by atoms with Gasteiger partial charge in [0.2, 0.25) is 11.8 Å². The Bertz CT molecular complexity index is 938. The minimum absolute atomic E-state index is 0. The Kier molecular flexibility index (Phi) is 9.74. The standard InChI is InChI=1S/C24H32ClN5O3.ClH/c1-28(20-5-3-2-4-6-20)23(31)12-11-22-26-21(27-33-22)17-29-13-15-30(16-14-29)24(32)18-7-9-19(25)10-8-18;/h7-10,20H,2-6,11-17H2,1H3;1H. The van der Waals surface area contributed by atoms with E-state index in [4.69, 9.17) is 16.1 Å². The van der Waals surface area contributed by atoms with E-state index in [1.807, 2.05) is 16.8 Å². The summed E-state index contributed by atoms with van der Waals surface area (Å²) in [6, 6.07) is 7.36. The lowest BCUT2D eigenvalue weighted by Crippen LogP contribution is -2.48. The van der Waals surface area contributed by atoms with Gasteiger partial charge in [-0.25, -0.2) is 0 Å². The van der Waals surface area contributed by atoms with Gasteiger partial charge in [-0.15, -0.1) is 12.4 Å². The molecule has 0 N–H and O–H groups in total. The highest BCUT2D eigenvalue weighted by atomic mass is 35.5. The number of hydrogen-bond donors (Lipinski definition) is 0. The van der Waals surface area contributed by atoms with Crippen LogP contribution in [0.5, 0.6) is 0 Å². The quantitative estimate of drug-likeness (QED) is 0.563. The van der Waals surface area contributed by atoms with Gasteiger partial charge >= 0.3 is 0 Å². The van der Waals surface area contributed by atoms with E-state index in [0.29, 0.717) is 60.8 Å². The fraction of sp³-hybridized carbons (Fsp3) is 0.583. The Labute approximate surface area is 212 Å². The van der Waals surface area contributed by atoms with Crippen molar-refractivity contribution in [2.45, 2.75) is 57.5 Å². The number of aryl methyl sites for hydroxylation is 1. The average Bonchev–Trinajstić information content (AvgIpc) is 3.30. The fourth-order valence-electron chi connectivity index (χ4n) is 4.60. The molecule has 2 amide bonds. The largest absolute Gasteiger partial charge is 0.343 e. The van der Waals surface area contributed by atoms with Crippen LogP contribution in [0.15, 0.2) is 28.8 Å². The lowest BCUT2D eigenvalue weighted by atomic mass is 9.94. The molecule has 1 saturated heterocycles. The number of halogens is 2. The van der Waals surface area contributed by atoms with Crippen molar-refractivity contribution in [1.82, 2.24) is 24.8 Å². The summed E-state index contributed by atoms with van der Waals surface area (Å²) in [5.74, 6) is 1.29. The van der Waals surface area contributed by atoms with Crippen LogP contribution in [-0.4, -0.2) is 75.9 Å². The maximum Gasteiger partial charge on any atom is 0.253 e. The van der Waals surface area contributed by atoms with E-state index in [-0.39, 0.29) is 24.2 Å². The molecule has 34 heavy (non-hydrogen) atoms. The van der Waals surface area contributed by atoms with Crippen LogP contribution >= 0.6 is 24.0 Å². The molecule has 186 valence electrons. The van der Waals surface area contributed by atoms with Crippen LogP contribution in [0.3, 0.4) is 0 Å². The molecule has 1 aromatic heterocycles. The first kappa shape index (κ1) is 26.4. The topological polar surface area (TPSA) is 82.8 Å². The van der Waals surface area contributed by atoms with Gasteiger partial charge < -0.3 is 14.3 Å². The SMILES string of the molecule is CN(C(=O)CCc1nc(CN2CCN(C(=O)c3ccc(Cl)cc3)CC2)no1)C1CCCCC1.Cl. The molecule has 0 bridgehead atoms. The third-order valence-electron chi connectivity index (χ3n) is 6.69. The summed E-state index contributed by atoms with van der Waals surface area (Å²) < 4.78 is 5.37. The molecule has 2 aliphatic rings. The molecule has 0 unspecified atom stereocenters. The van der Waals surface area contributed by atoms with Gasteiger partial charge in [0, 0.05) is 62.7 Å². The van der Waals surface area contributed by atoms with E-state index in [0.717, 1.165) is 25.9 Å². The van der Waals surface area contributed by atoms with Crippen LogP contribution in [0.25, 0.3) is 0 Å². The normalized spacial score (nSPS) is 17.3. The second kappa shape index (κ2) is 12.5. The number of piperazine rings is 1. The van der Waals surface area contributed by atoms with E-state index in [9.17, 15) is 9.59 Å². The van der Waals surface area contributed by atoms with Crippen molar-refractivity contribution in [3.05, 3.63) is 46.6 Å². The molecule has 0 spiro atoms. The molecular formula is C24H33Cl2N5O3. The van der Waals surface area contributed by atoms with Gasteiger partial charge in [0.25, 0.3) is 5.91 Å². The molecule has 2 aromatic rings. The van der Waals surface area contributed by atoms with E-state index in [1.165, 1.54) is 19.3 Å². The third-order valence-corrected chi connectivity index (χ3v) is 6.95. The second-order valence-corrected chi connectivity index (χ2v) is 9.41. The highest BCUT2D eigenvalue weighted by Gasteiger charge is 2.24. The molecule has 8 nitrogen and oxygen atoms in total. The van der Waals surface area contributed by atoms with Gasteiger partial charge in [0.05, 0.1) is 6.54 Å². The molecule has 1 aliphatic heterocycles. The zero-order chi connectivity index (χ0) is 23.2. The van der Waals surface area contributed by atoms with Crippen molar-refractivity contribution in [2.24, 2.45) is 0 Å².